The van der Waals surface area contributed by atoms with Crippen LogP contribution >= 0.6 is 0 Å². The standard InChI is InChI=1S/C21H24N2O/c1-14-7-5-6-12-23(14)13-19-15(2)22-20-17-9-4-3-8-16(17)10-11-18(20)21(19)24/h3-4,8-11,14H,5-7,12-13H2,1-2H3,(H,22,24)/t14-/m1/s1. The van der Waals surface area contributed by atoms with Crippen LogP contribution in [0.4, 0.5) is 0 Å². The van der Waals surface area contributed by atoms with Gasteiger partial charge in [-0.25, -0.2) is 0 Å². The van der Waals surface area contributed by atoms with Crippen LogP contribution in [0.15, 0.2) is 41.2 Å². The first kappa shape index (κ1) is 15.4. The van der Waals surface area contributed by atoms with Gasteiger partial charge in [0, 0.05) is 34.6 Å². The number of hydrogen-bond donors (Lipinski definition) is 1. The van der Waals surface area contributed by atoms with Crippen LogP contribution < -0.4 is 5.43 Å². The molecule has 1 aliphatic rings. The smallest absolute Gasteiger partial charge is 0.194 e. The van der Waals surface area contributed by atoms with Gasteiger partial charge in [-0.2, -0.15) is 0 Å². The molecule has 1 aliphatic heterocycles. The highest BCUT2D eigenvalue weighted by Crippen LogP contribution is 2.24. The van der Waals surface area contributed by atoms with E-state index in [1.165, 1.54) is 19.3 Å². The van der Waals surface area contributed by atoms with Gasteiger partial charge in [0.15, 0.2) is 5.43 Å². The number of piperidine rings is 1. The lowest BCUT2D eigenvalue weighted by Gasteiger charge is -2.33. The normalized spacial score (nSPS) is 19.2. The number of likely N-dealkylation sites (tertiary alicyclic amines) is 1. The van der Waals surface area contributed by atoms with Gasteiger partial charge in [0.2, 0.25) is 0 Å². The Morgan fingerprint density at radius 1 is 1.12 bits per heavy atom. The van der Waals surface area contributed by atoms with Crippen molar-refractivity contribution in [3.63, 3.8) is 0 Å². The van der Waals surface area contributed by atoms with Gasteiger partial charge in [0.25, 0.3) is 0 Å². The van der Waals surface area contributed by atoms with E-state index in [9.17, 15) is 4.79 Å². The van der Waals surface area contributed by atoms with E-state index in [1.807, 2.05) is 25.1 Å². The van der Waals surface area contributed by atoms with Gasteiger partial charge in [-0.3, -0.25) is 9.69 Å². The summed E-state index contributed by atoms with van der Waals surface area (Å²) < 4.78 is 0. The summed E-state index contributed by atoms with van der Waals surface area (Å²) in [6.45, 7) is 6.16. The van der Waals surface area contributed by atoms with Crippen molar-refractivity contribution in [3.8, 4) is 0 Å². The number of aromatic amines is 1. The lowest BCUT2D eigenvalue weighted by molar-refractivity contribution is 0.152. The molecule has 0 saturated carbocycles. The fraction of sp³-hybridized carbons (Fsp3) is 0.381. The number of nitrogens with zero attached hydrogens (tertiary/aromatic N) is 1. The number of pyridine rings is 1. The van der Waals surface area contributed by atoms with Gasteiger partial charge in [0.1, 0.15) is 0 Å². The molecule has 0 unspecified atom stereocenters. The summed E-state index contributed by atoms with van der Waals surface area (Å²) in [7, 11) is 0. The number of aromatic nitrogens is 1. The monoisotopic (exact) mass is 320 g/mol. The molecule has 0 amide bonds. The number of rotatable bonds is 2. The van der Waals surface area contributed by atoms with Crippen molar-refractivity contribution in [2.75, 3.05) is 6.54 Å². The third-order valence-corrected chi connectivity index (χ3v) is 5.51. The zero-order chi connectivity index (χ0) is 16.7. The van der Waals surface area contributed by atoms with Crippen LogP contribution in [0.1, 0.15) is 37.4 Å². The SMILES string of the molecule is Cc1[nH]c2c(ccc3ccccc32)c(=O)c1CN1CCCC[C@H]1C. The van der Waals surface area contributed by atoms with Crippen LogP contribution in [0.5, 0.6) is 0 Å². The first-order valence-electron chi connectivity index (χ1n) is 8.92. The number of fused-ring (bicyclic) bond motifs is 3. The molecule has 4 rings (SSSR count). The van der Waals surface area contributed by atoms with Gasteiger partial charge in [-0.05, 0) is 44.7 Å². The molecule has 1 fully saturated rings. The zero-order valence-electron chi connectivity index (χ0n) is 14.4. The van der Waals surface area contributed by atoms with Gasteiger partial charge >= 0.3 is 0 Å². The lowest BCUT2D eigenvalue weighted by Crippen LogP contribution is -2.38. The first-order valence-corrected chi connectivity index (χ1v) is 8.92. The molecule has 3 heteroatoms. The lowest BCUT2D eigenvalue weighted by atomic mass is 10.00. The molecule has 124 valence electrons. The number of aryl methyl sites for hydroxylation is 1. The molecule has 0 aliphatic carbocycles. The largest absolute Gasteiger partial charge is 0.358 e. The van der Waals surface area contributed by atoms with Crippen LogP contribution in [0.25, 0.3) is 21.7 Å². The van der Waals surface area contributed by atoms with E-state index < -0.39 is 0 Å². The Morgan fingerprint density at radius 3 is 2.79 bits per heavy atom. The summed E-state index contributed by atoms with van der Waals surface area (Å²) in [5.74, 6) is 0. The number of H-pyrrole nitrogens is 1. The summed E-state index contributed by atoms with van der Waals surface area (Å²) >= 11 is 0. The minimum atomic E-state index is 0.185. The molecule has 0 radical (unpaired) electrons. The molecular weight excluding hydrogens is 296 g/mol. The van der Waals surface area contributed by atoms with Crippen molar-refractivity contribution < 1.29 is 0 Å². The van der Waals surface area contributed by atoms with Crippen molar-refractivity contribution >= 4 is 21.7 Å². The molecule has 0 spiro atoms. The minimum absolute atomic E-state index is 0.185. The van der Waals surface area contributed by atoms with E-state index in [4.69, 9.17) is 0 Å². The highest BCUT2D eigenvalue weighted by Gasteiger charge is 2.21. The highest BCUT2D eigenvalue weighted by molar-refractivity contribution is 6.05. The second kappa shape index (κ2) is 6.06. The zero-order valence-corrected chi connectivity index (χ0v) is 14.4. The number of nitrogens with one attached hydrogen (secondary N) is 1. The Hall–Kier alpha value is -2.13. The predicted octanol–water partition coefficient (Wildman–Crippen LogP) is 4.36. The van der Waals surface area contributed by atoms with E-state index in [-0.39, 0.29) is 5.43 Å². The van der Waals surface area contributed by atoms with Gasteiger partial charge in [-0.1, -0.05) is 36.8 Å². The molecule has 2 heterocycles. The molecule has 2 aromatic carbocycles. The Bertz CT molecular complexity index is 957. The Balaban J connectivity index is 1.85. The summed E-state index contributed by atoms with van der Waals surface area (Å²) in [6.07, 6.45) is 3.77. The molecule has 1 aromatic heterocycles. The molecule has 1 N–H and O–H groups in total. The van der Waals surface area contributed by atoms with Gasteiger partial charge < -0.3 is 4.98 Å². The average molecular weight is 320 g/mol. The maximum Gasteiger partial charge on any atom is 0.194 e. The van der Waals surface area contributed by atoms with Crippen LogP contribution in [0.2, 0.25) is 0 Å². The summed E-state index contributed by atoms with van der Waals surface area (Å²) in [6, 6.07) is 12.8. The quantitative estimate of drug-likeness (QED) is 0.712. The van der Waals surface area contributed by atoms with Crippen LogP contribution in [-0.4, -0.2) is 22.5 Å². The van der Waals surface area contributed by atoms with E-state index in [2.05, 4.69) is 35.0 Å². The molecule has 1 saturated heterocycles. The Kier molecular flexibility index (Phi) is 3.89. The van der Waals surface area contributed by atoms with Crippen molar-refractivity contribution in [3.05, 3.63) is 57.9 Å². The van der Waals surface area contributed by atoms with E-state index in [0.717, 1.165) is 46.0 Å². The minimum Gasteiger partial charge on any atom is -0.358 e. The van der Waals surface area contributed by atoms with Gasteiger partial charge in [0.05, 0.1) is 5.52 Å². The molecule has 3 aromatic rings. The predicted molar refractivity (Wildman–Crippen MR) is 101 cm³/mol. The third kappa shape index (κ3) is 2.53. The van der Waals surface area contributed by atoms with E-state index in [0.29, 0.717) is 6.04 Å². The van der Waals surface area contributed by atoms with E-state index in [1.54, 1.807) is 0 Å². The van der Waals surface area contributed by atoms with Crippen molar-refractivity contribution in [2.24, 2.45) is 0 Å². The van der Waals surface area contributed by atoms with Crippen LogP contribution in [0.3, 0.4) is 0 Å². The Labute approximate surface area is 142 Å². The molecule has 1 atom stereocenters. The number of benzene rings is 2. The van der Waals surface area contributed by atoms with E-state index >= 15 is 0 Å². The Morgan fingerprint density at radius 2 is 1.96 bits per heavy atom. The number of hydrogen-bond acceptors (Lipinski definition) is 2. The maximum atomic E-state index is 13.1. The third-order valence-electron chi connectivity index (χ3n) is 5.51. The second-order valence-corrected chi connectivity index (χ2v) is 7.08. The molecule has 3 nitrogen and oxygen atoms in total. The van der Waals surface area contributed by atoms with Crippen molar-refractivity contribution in [1.82, 2.24) is 9.88 Å². The highest BCUT2D eigenvalue weighted by atomic mass is 16.1. The summed E-state index contributed by atoms with van der Waals surface area (Å²) in [5.41, 5.74) is 3.07. The molecule has 0 bridgehead atoms. The fourth-order valence-electron chi connectivity index (χ4n) is 3.98. The summed E-state index contributed by atoms with van der Waals surface area (Å²) in [4.78, 5) is 19.1. The maximum absolute atomic E-state index is 13.1. The summed E-state index contributed by atoms with van der Waals surface area (Å²) in [5, 5.41) is 3.09. The second-order valence-electron chi connectivity index (χ2n) is 7.08. The fourth-order valence-corrected chi connectivity index (χ4v) is 3.98. The van der Waals surface area contributed by atoms with Gasteiger partial charge in [-0.15, -0.1) is 0 Å². The van der Waals surface area contributed by atoms with Crippen LogP contribution in [0, 0.1) is 6.92 Å². The molecular formula is C21H24N2O. The van der Waals surface area contributed by atoms with Crippen molar-refractivity contribution in [2.45, 2.75) is 45.7 Å². The topological polar surface area (TPSA) is 36.1 Å². The average Bonchev–Trinajstić information content (AvgIpc) is 2.60. The molecule has 24 heavy (non-hydrogen) atoms. The van der Waals surface area contributed by atoms with Crippen LogP contribution in [-0.2, 0) is 6.54 Å². The first-order chi connectivity index (χ1) is 11.6. The van der Waals surface area contributed by atoms with Crippen molar-refractivity contribution in [1.29, 1.82) is 0 Å².